The van der Waals surface area contributed by atoms with Gasteiger partial charge in [-0.15, -0.1) is 0 Å². The zero-order valence-corrected chi connectivity index (χ0v) is 16.3. The van der Waals surface area contributed by atoms with E-state index in [0.717, 1.165) is 0 Å². The van der Waals surface area contributed by atoms with Gasteiger partial charge in [0.05, 0.1) is 36.8 Å². The lowest BCUT2D eigenvalue weighted by molar-refractivity contribution is -0.143. The molecule has 1 aliphatic rings. The summed E-state index contributed by atoms with van der Waals surface area (Å²) in [4.78, 5) is 48.0. The topological polar surface area (TPSA) is 115 Å². The van der Waals surface area contributed by atoms with Crippen LogP contribution in [0.2, 0.25) is 0 Å². The molecular formula is C18H22N2O7S. The number of hydrogen-bond acceptors (Lipinski definition) is 8. The molecule has 0 saturated carbocycles. The van der Waals surface area contributed by atoms with Crippen molar-refractivity contribution in [2.24, 2.45) is 0 Å². The van der Waals surface area contributed by atoms with Crippen molar-refractivity contribution in [1.82, 2.24) is 10.2 Å². The van der Waals surface area contributed by atoms with Gasteiger partial charge in [-0.3, -0.25) is 14.4 Å². The Balaban J connectivity index is 1.59. The van der Waals surface area contributed by atoms with Crippen molar-refractivity contribution in [2.45, 2.75) is 19.3 Å². The molecule has 0 radical (unpaired) electrons. The summed E-state index contributed by atoms with van der Waals surface area (Å²) >= 11 is 1.27. The summed E-state index contributed by atoms with van der Waals surface area (Å²) in [6.45, 7) is 0.842. The summed E-state index contributed by atoms with van der Waals surface area (Å²) in [6.07, 6.45) is 3.75. The molecule has 1 saturated heterocycles. The number of amides is 2. The highest BCUT2D eigenvalue weighted by molar-refractivity contribution is 8.04. The van der Waals surface area contributed by atoms with Gasteiger partial charge in [-0.1, -0.05) is 11.8 Å². The van der Waals surface area contributed by atoms with Crippen LogP contribution in [0.5, 0.6) is 0 Å². The van der Waals surface area contributed by atoms with E-state index in [1.165, 1.54) is 36.1 Å². The molecule has 2 heterocycles. The molecule has 2 rings (SSSR count). The molecule has 0 spiro atoms. The fourth-order valence-electron chi connectivity index (χ4n) is 2.34. The van der Waals surface area contributed by atoms with Crippen LogP contribution in [0.25, 0.3) is 0 Å². The van der Waals surface area contributed by atoms with E-state index in [1.807, 2.05) is 0 Å². The minimum Gasteiger partial charge on any atom is -0.466 e. The molecule has 0 atom stereocenters. The van der Waals surface area contributed by atoms with Gasteiger partial charge in [0, 0.05) is 19.5 Å². The van der Waals surface area contributed by atoms with Crippen LogP contribution >= 0.6 is 11.8 Å². The van der Waals surface area contributed by atoms with Crippen molar-refractivity contribution in [3.63, 3.8) is 0 Å². The number of thioether (sulfide) groups is 1. The van der Waals surface area contributed by atoms with E-state index < -0.39 is 5.97 Å². The molecule has 0 unspecified atom stereocenters. The van der Waals surface area contributed by atoms with Gasteiger partial charge in [0.15, 0.2) is 5.76 Å². The summed E-state index contributed by atoms with van der Waals surface area (Å²) < 4.78 is 14.7. The molecule has 1 aliphatic heterocycles. The lowest BCUT2D eigenvalue weighted by Gasteiger charge is -2.16. The highest BCUT2D eigenvalue weighted by Gasteiger charge is 2.27. The lowest BCUT2D eigenvalue weighted by Crippen LogP contribution is -2.27. The zero-order chi connectivity index (χ0) is 20.4. The van der Waals surface area contributed by atoms with E-state index >= 15 is 0 Å². The Bertz CT molecular complexity index is 730. The number of esters is 2. The molecule has 0 aliphatic carbocycles. The molecule has 0 bridgehead atoms. The monoisotopic (exact) mass is 410 g/mol. The smallest absolute Gasteiger partial charge is 0.333 e. The third-order valence-electron chi connectivity index (χ3n) is 3.73. The van der Waals surface area contributed by atoms with Crippen LogP contribution in [0.15, 0.2) is 33.9 Å². The first-order valence-electron chi connectivity index (χ1n) is 8.71. The Morgan fingerprint density at radius 1 is 1.36 bits per heavy atom. The summed E-state index contributed by atoms with van der Waals surface area (Å²) in [7, 11) is 1.27. The van der Waals surface area contributed by atoms with Gasteiger partial charge in [0.2, 0.25) is 5.91 Å². The Morgan fingerprint density at radius 2 is 2.18 bits per heavy atom. The number of hydrogen-bond donors (Lipinski definition) is 1. The largest absolute Gasteiger partial charge is 0.466 e. The maximum Gasteiger partial charge on any atom is 0.333 e. The van der Waals surface area contributed by atoms with Crippen molar-refractivity contribution >= 4 is 35.5 Å². The molecule has 9 nitrogen and oxygen atoms in total. The third-order valence-corrected chi connectivity index (χ3v) is 4.76. The highest BCUT2D eigenvalue weighted by Crippen LogP contribution is 2.28. The molecule has 10 heteroatoms. The Morgan fingerprint density at radius 3 is 2.89 bits per heavy atom. The minimum atomic E-state index is -0.521. The van der Waals surface area contributed by atoms with E-state index in [2.05, 4.69) is 10.1 Å². The number of carbonyl (C=O) groups is 4. The predicted octanol–water partition coefficient (Wildman–Crippen LogP) is 1.31. The molecular weight excluding hydrogens is 388 g/mol. The molecule has 1 N–H and O–H groups in total. The van der Waals surface area contributed by atoms with E-state index in [9.17, 15) is 19.2 Å². The first-order valence-corrected chi connectivity index (χ1v) is 9.70. The number of rotatable bonds is 10. The van der Waals surface area contributed by atoms with Gasteiger partial charge in [0.25, 0.3) is 5.91 Å². The average Bonchev–Trinajstić information content (AvgIpc) is 3.33. The molecule has 2 amide bonds. The number of nitrogens with zero attached hydrogens (tertiary/aromatic N) is 1. The number of furan rings is 1. The SMILES string of the molecule is COC(=O)/C=C1/SCC(=O)N1CCCOC(=O)CCCNC(=O)c1ccco1. The van der Waals surface area contributed by atoms with Gasteiger partial charge >= 0.3 is 11.9 Å². The molecule has 1 aromatic heterocycles. The Hall–Kier alpha value is -2.75. The molecule has 0 aromatic carbocycles. The molecule has 152 valence electrons. The molecule has 1 fully saturated rings. The van der Waals surface area contributed by atoms with E-state index in [1.54, 1.807) is 12.1 Å². The summed E-state index contributed by atoms with van der Waals surface area (Å²) in [6, 6.07) is 3.17. The summed E-state index contributed by atoms with van der Waals surface area (Å²) in [5.74, 6) is -0.835. The van der Waals surface area contributed by atoms with Crippen LogP contribution in [0.1, 0.15) is 29.8 Å². The first kappa shape index (κ1) is 21.5. The number of ether oxygens (including phenoxy) is 2. The van der Waals surface area contributed by atoms with Crippen molar-refractivity contribution in [3.8, 4) is 0 Å². The second-order valence-corrected chi connectivity index (χ2v) is 6.75. The normalized spacial score (nSPS) is 15.0. The number of nitrogens with one attached hydrogen (secondary N) is 1. The summed E-state index contributed by atoms with van der Waals surface area (Å²) in [5, 5.41) is 3.18. The Labute approximate surface area is 166 Å². The van der Waals surface area contributed by atoms with Gasteiger partial charge in [-0.25, -0.2) is 4.79 Å². The third kappa shape index (κ3) is 6.76. The minimum absolute atomic E-state index is 0.0984. The van der Waals surface area contributed by atoms with E-state index in [0.29, 0.717) is 31.0 Å². The van der Waals surface area contributed by atoms with Gasteiger partial charge < -0.3 is 24.1 Å². The highest BCUT2D eigenvalue weighted by atomic mass is 32.2. The second kappa shape index (κ2) is 11.2. The molecule has 28 heavy (non-hydrogen) atoms. The molecule has 1 aromatic rings. The fourth-order valence-corrected chi connectivity index (χ4v) is 3.29. The van der Waals surface area contributed by atoms with Crippen LogP contribution < -0.4 is 5.32 Å². The van der Waals surface area contributed by atoms with E-state index in [-0.39, 0.29) is 42.3 Å². The zero-order valence-electron chi connectivity index (χ0n) is 15.5. The van der Waals surface area contributed by atoms with Crippen LogP contribution in [0.4, 0.5) is 0 Å². The van der Waals surface area contributed by atoms with Crippen LogP contribution in [-0.4, -0.2) is 61.2 Å². The van der Waals surface area contributed by atoms with Gasteiger partial charge in [-0.2, -0.15) is 0 Å². The lowest BCUT2D eigenvalue weighted by atomic mass is 10.3. The van der Waals surface area contributed by atoms with Crippen molar-refractivity contribution < 1.29 is 33.1 Å². The van der Waals surface area contributed by atoms with Crippen LogP contribution in [-0.2, 0) is 23.9 Å². The number of methoxy groups -OCH3 is 1. The van der Waals surface area contributed by atoms with Crippen molar-refractivity contribution in [2.75, 3.05) is 32.6 Å². The fraction of sp³-hybridized carbons (Fsp3) is 0.444. The quantitative estimate of drug-likeness (QED) is 0.349. The van der Waals surface area contributed by atoms with Gasteiger partial charge in [-0.05, 0) is 25.0 Å². The standard InChI is InChI=1S/C18H22N2O7S/c1-25-17(23)11-15-20(14(21)12-28-15)8-4-10-27-16(22)6-2-7-19-18(24)13-5-3-9-26-13/h3,5,9,11H,2,4,6-8,10,12H2,1H3,(H,19,24)/b15-11+. The predicted molar refractivity (Wildman–Crippen MR) is 100 cm³/mol. The van der Waals surface area contributed by atoms with E-state index in [4.69, 9.17) is 9.15 Å². The van der Waals surface area contributed by atoms with Crippen LogP contribution in [0, 0.1) is 0 Å². The van der Waals surface area contributed by atoms with Gasteiger partial charge in [0.1, 0.15) is 0 Å². The van der Waals surface area contributed by atoms with Crippen LogP contribution in [0.3, 0.4) is 0 Å². The maximum atomic E-state index is 11.9. The second-order valence-electron chi connectivity index (χ2n) is 5.75. The first-order chi connectivity index (χ1) is 13.5. The average molecular weight is 410 g/mol. The maximum absolute atomic E-state index is 11.9. The number of carbonyl (C=O) groups excluding carboxylic acids is 4. The summed E-state index contributed by atoms with van der Waals surface area (Å²) in [5.41, 5.74) is 0. The van der Waals surface area contributed by atoms with Crippen molar-refractivity contribution in [1.29, 1.82) is 0 Å². The Kier molecular flexibility index (Phi) is 8.60. The van der Waals surface area contributed by atoms with Crippen molar-refractivity contribution in [3.05, 3.63) is 35.3 Å².